The van der Waals surface area contributed by atoms with E-state index in [1.54, 1.807) is 11.0 Å². The summed E-state index contributed by atoms with van der Waals surface area (Å²) in [6.45, 7) is 7.26. The second-order valence-corrected chi connectivity index (χ2v) is 8.32. The molecule has 6 heteroatoms. The normalized spacial score (nSPS) is 16.6. The van der Waals surface area contributed by atoms with Crippen molar-refractivity contribution >= 4 is 5.91 Å². The van der Waals surface area contributed by atoms with Crippen LogP contribution in [0.2, 0.25) is 0 Å². The SMILES string of the molecule is Cc1cc(OC2CN(C(=O)COc3ccc(C(C)C)cc3)C2)cc(=O)n1C1CC1. The Hall–Kier alpha value is -2.76. The van der Waals surface area contributed by atoms with Crippen LogP contribution >= 0.6 is 0 Å². The average molecular weight is 396 g/mol. The Labute approximate surface area is 171 Å². The van der Waals surface area contributed by atoms with Gasteiger partial charge in [0.25, 0.3) is 11.5 Å². The number of amides is 1. The average Bonchev–Trinajstić information content (AvgIpc) is 3.47. The standard InChI is InChI=1S/C23H28N2O4/c1-15(2)17-4-8-19(9-5-17)28-14-23(27)24-12-21(13-24)29-20-10-16(3)25(18-6-7-18)22(26)11-20/h4-5,8-11,15,18,21H,6-7,12-14H2,1-3H3. The number of benzene rings is 1. The first-order valence-electron chi connectivity index (χ1n) is 10.3. The fourth-order valence-corrected chi connectivity index (χ4v) is 3.64. The summed E-state index contributed by atoms with van der Waals surface area (Å²) in [5.74, 6) is 1.69. The van der Waals surface area contributed by atoms with Crippen LogP contribution in [-0.2, 0) is 4.79 Å². The van der Waals surface area contributed by atoms with Crippen molar-refractivity contribution in [3.8, 4) is 11.5 Å². The number of aryl methyl sites for hydroxylation is 1. The number of ether oxygens (including phenoxy) is 2. The van der Waals surface area contributed by atoms with Crippen LogP contribution in [0.5, 0.6) is 11.5 Å². The number of carbonyl (C=O) groups is 1. The molecule has 1 saturated carbocycles. The van der Waals surface area contributed by atoms with Crippen LogP contribution in [0.1, 0.15) is 49.9 Å². The maximum atomic E-state index is 12.3. The van der Waals surface area contributed by atoms with Gasteiger partial charge in [-0.1, -0.05) is 26.0 Å². The molecule has 0 atom stereocenters. The van der Waals surface area contributed by atoms with Gasteiger partial charge in [0.15, 0.2) is 6.61 Å². The topological polar surface area (TPSA) is 60.8 Å². The molecule has 6 nitrogen and oxygen atoms in total. The maximum absolute atomic E-state index is 12.3. The first-order chi connectivity index (χ1) is 13.9. The minimum atomic E-state index is -0.0835. The lowest BCUT2D eigenvalue weighted by Crippen LogP contribution is -2.57. The van der Waals surface area contributed by atoms with Crippen molar-refractivity contribution in [2.45, 2.75) is 51.7 Å². The highest BCUT2D eigenvalue weighted by Gasteiger charge is 2.33. The van der Waals surface area contributed by atoms with Gasteiger partial charge in [-0.15, -0.1) is 0 Å². The second kappa shape index (κ2) is 7.93. The molecule has 1 aliphatic carbocycles. The summed E-state index contributed by atoms with van der Waals surface area (Å²) in [7, 11) is 0. The van der Waals surface area contributed by atoms with Gasteiger partial charge in [-0.25, -0.2) is 0 Å². The van der Waals surface area contributed by atoms with Crippen molar-refractivity contribution in [3.63, 3.8) is 0 Å². The Morgan fingerprint density at radius 1 is 1.10 bits per heavy atom. The molecule has 0 N–H and O–H groups in total. The van der Waals surface area contributed by atoms with E-state index in [9.17, 15) is 9.59 Å². The molecule has 0 bridgehead atoms. The molecule has 1 amide bonds. The molecule has 2 fully saturated rings. The zero-order chi connectivity index (χ0) is 20.5. The molecule has 2 heterocycles. The van der Waals surface area contributed by atoms with E-state index in [0.29, 0.717) is 36.5 Å². The van der Waals surface area contributed by atoms with Gasteiger partial charge in [0.1, 0.15) is 17.6 Å². The van der Waals surface area contributed by atoms with Crippen molar-refractivity contribution in [2.24, 2.45) is 0 Å². The van der Waals surface area contributed by atoms with Crippen molar-refractivity contribution in [1.82, 2.24) is 9.47 Å². The number of hydrogen-bond acceptors (Lipinski definition) is 4. The van der Waals surface area contributed by atoms with E-state index in [2.05, 4.69) is 13.8 Å². The number of hydrogen-bond donors (Lipinski definition) is 0. The van der Waals surface area contributed by atoms with Gasteiger partial charge in [0.05, 0.1) is 13.1 Å². The van der Waals surface area contributed by atoms with E-state index >= 15 is 0 Å². The summed E-state index contributed by atoms with van der Waals surface area (Å²) in [6, 6.07) is 11.7. The molecule has 1 aromatic carbocycles. The number of nitrogens with zero attached hydrogens (tertiary/aromatic N) is 2. The molecule has 1 aliphatic heterocycles. The molecular weight excluding hydrogens is 368 g/mol. The first-order valence-corrected chi connectivity index (χ1v) is 10.3. The van der Waals surface area contributed by atoms with Crippen LogP contribution in [0, 0.1) is 6.92 Å². The monoisotopic (exact) mass is 396 g/mol. The van der Waals surface area contributed by atoms with Gasteiger partial charge in [0.2, 0.25) is 0 Å². The lowest BCUT2D eigenvalue weighted by molar-refractivity contribution is -0.142. The van der Waals surface area contributed by atoms with E-state index in [0.717, 1.165) is 18.5 Å². The fraction of sp³-hybridized carbons (Fsp3) is 0.478. The van der Waals surface area contributed by atoms with Crippen LogP contribution < -0.4 is 15.0 Å². The fourth-order valence-electron chi connectivity index (χ4n) is 3.64. The first kappa shape index (κ1) is 19.6. The highest BCUT2D eigenvalue weighted by Crippen LogP contribution is 2.35. The molecule has 0 unspecified atom stereocenters. The van der Waals surface area contributed by atoms with Crippen LogP contribution in [-0.4, -0.2) is 41.2 Å². The summed E-state index contributed by atoms with van der Waals surface area (Å²) in [5.41, 5.74) is 2.16. The number of carbonyl (C=O) groups excluding carboxylic acids is 1. The van der Waals surface area contributed by atoms with Crippen LogP contribution in [0.4, 0.5) is 0 Å². The third kappa shape index (κ3) is 4.47. The van der Waals surface area contributed by atoms with Gasteiger partial charge in [-0.3, -0.25) is 9.59 Å². The summed E-state index contributed by atoms with van der Waals surface area (Å²) in [5, 5.41) is 0. The number of rotatable bonds is 7. The predicted octanol–water partition coefficient (Wildman–Crippen LogP) is 3.28. The van der Waals surface area contributed by atoms with Crippen molar-refractivity contribution in [3.05, 3.63) is 58.0 Å². The van der Waals surface area contributed by atoms with Gasteiger partial charge < -0.3 is 18.9 Å². The Morgan fingerprint density at radius 3 is 2.38 bits per heavy atom. The Bertz CT molecular complexity index is 938. The molecular formula is C23H28N2O4. The minimum Gasteiger partial charge on any atom is -0.486 e. The lowest BCUT2D eigenvalue weighted by Gasteiger charge is -2.38. The van der Waals surface area contributed by atoms with Crippen molar-refractivity contribution < 1.29 is 14.3 Å². The number of aromatic nitrogens is 1. The zero-order valence-corrected chi connectivity index (χ0v) is 17.3. The second-order valence-electron chi connectivity index (χ2n) is 8.32. The molecule has 154 valence electrons. The summed E-state index contributed by atoms with van der Waals surface area (Å²) in [4.78, 5) is 26.3. The van der Waals surface area contributed by atoms with E-state index in [1.807, 2.05) is 41.8 Å². The van der Waals surface area contributed by atoms with Crippen molar-refractivity contribution in [2.75, 3.05) is 19.7 Å². The molecule has 4 rings (SSSR count). The van der Waals surface area contributed by atoms with Crippen LogP contribution in [0.25, 0.3) is 0 Å². The summed E-state index contributed by atoms with van der Waals surface area (Å²) >= 11 is 0. The smallest absolute Gasteiger partial charge is 0.260 e. The van der Waals surface area contributed by atoms with Gasteiger partial charge in [0, 0.05) is 17.8 Å². The predicted molar refractivity (Wildman–Crippen MR) is 111 cm³/mol. The largest absolute Gasteiger partial charge is 0.486 e. The third-order valence-corrected chi connectivity index (χ3v) is 5.56. The quantitative estimate of drug-likeness (QED) is 0.721. The lowest BCUT2D eigenvalue weighted by atomic mass is 10.0. The van der Waals surface area contributed by atoms with E-state index in [1.165, 1.54) is 5.56 Å². The molecule has 2 aromatic rings. The van der Waals surface area contributed by atoms with Gasteiger partial charge >= 0.3 is 0 Å². The molecule has 1 saturated heterocycles. The maximum Gasteiger partial charge on any atom is 0.260 e. The summed E-state index contributed by atoms with van der Waals surface area (Å²) < 4.78 is 13.3. The zero-order valence-electron chi connectivity index (χ0n) is 17.3. The highest BCUT2D eigenvalue weighted by molar-refractivity contribution is 5.78. The Balaban J connectivity index is 1.24. The van der Waals surface area contributed by atoms with Gasteiger partial charge in [-0.05, 0) is 49.4 Å². The molecule has 29 heavy (non-hydrogen) atoms. The Kier molecular flexibility index (Phi) is 5.35. The minimum absolute atomic E-state index is 0.00774. The van der Waals surface area contributed by atoms with Crippen molar-refractivity contribution in [1.29, 1.82) is 0 Å². The van der Waals surface area contributed by atoms with E-state index < -0.39 is 0 Å². The molecule has 0 spiro atoms. The third-order valence-electron chi connectivity index (χ3n) is 5.56. The Morgan fingerprint density at radius 2 is 1.79 bits per heavy atom. The number of pyridine rings is 1. The van der Waals surface area contributed by atoms with E-state index in [4.69, 9.17) is 9.47 Å². The van der Waals surface area contributed by atoms with E-state index in [-0.39, 0.29) is 24.2 Å². The highest BCUT2D eigenvalue weighted by atomic mass is 16.5. The van der Waals surface area contributed by atoms with Crippen LogP contribution in [0.15, 0.2) is 41.2 Å². The summed E-state index contributed by atoms with van der Waals surface area (Å²) in [6.07, 6.45) is 2.06. The van der Waals surface area contributed by atoms with Crippen LogP contribution in [0.3, 0.4) is 0 Å². The van der Waals surface area contributed by atoms with Gasteiger partial charge in [-0.2, -0.15) is 0 Å². The molecule has 2 aliphatic rings. The number of likely N-dealkylation sites (tertiary alicyclic amines) is 1. The molecule has 1 aromatic heterocycles. The molecule has 0 radical (unpaired) electrons.